The highest BCUT2D eigenvalue weighted by Gasteiger charge is 2.30. The van der Waals surface area contributed by atoms with Gasteiger partial charge in [-0.2, -0.15) is 0 Å². The van der Waals surface area contributed by atoms with Gasteiger partial charge in [0.1, 0.15) is 19.3 Å². The van der Waals surface area contributed by atoms with E-state index in [0.717, 1.165) is 115 Å². The molecule has 19 heteroatoms. The first-order valence-electron chi connectivity index (χ1n) is 40.5. The minimum atomic E-state index is -4.96. The molecule has 0 aliphatic heterocycles. The average Bonchev–Trinajstić information content (AvgIpc) is 1.28. The van der Waals surface area contributed by atoms with Gasteiger partial charge in [0.2, 0.25) is 0 Å². The molecule has 0 spiro atoms. The third-order valence-electron chi connectivity index (χ3n) is 18.2. The van der Waals surface area contributed by atoms with Crippen molar-refractivity contribution in [2.75, 3.05) is 39.6 Å². The van der Waals surface area contributed by atoms with E-state index in [1.165, 1.54) is 212 Å². The van der Waals surface area contributed by atoms with E-state index in [1.54, 1.807) is 0 Å². The maximum Gasteiger partial charge on any atom is 0.472 e. The predicted octanol–water partition coefficient (Wildman–Crippen LogP) is 23.1. The van der Waals surface area contributed by atoms with Gasteiger partial charge in [-0.3, -0.25) is 37.3 Å². The molecule has 0 amide bonds. The van der Waals surface area contributed by atoms with E-state index in [-0.39, 0.29) is 25.7 Å². The zero-order valence-electron chi connectivity index (χ0n) is 63.4. The van der Waals surface area contributed by atoms with Crippen LogP contribution in [0, 0.1) is 11.8 Å². The third kappa shape index (κ3) is 72.2. The summed E-state index contributed by atoms with van der Waals surface area (Å²) >= 11 is 0. The Balaban J connectivity index is 5.16. The Morgan fingerprint density at radius 2 is 0.474 bits per heavy atom. The zero-order valence-corrected chi connectivity index (χ0v) is 65.2. The number of esters is 4. The fourth-order valence-electron chi connectivity index (χ4n) is 12.0. The van der Waals surface area contributed by atoms with Gasteiger partial charge in [-0.15, -0.1) is 0 Å². The van der Waals surface area contributed by atoms with Crippen LogP contribution in [-0.2, 0) is 65.4 Å². The molecule has 5 atom stereocenters. The Morgan fingerprint density at radius 3 is 0.701 bits per heavy atom. The van der Waals surface area contributed by atoms with Crippen molar-refractivity contribution in [3.05, 3.63) is 0 Å². The number of carbonyl (C=O) groups excluding carboxylic acids is 4. The summed E-state index contributed by atoms with van der Waals surface area (Å²) in [7, 11) is -9.91. The van der Waals surface area contributed by atoms with Crippen molar-refractivity contribution in [3.8, 4) is 0 Å². The Bertz CT molecular complexity index is 1870. The van der Waals surface area contributed by atoms with Crippen molar-refractivity contribution in [2.24, 2.45) is 11.8 Å². The van der Waals surface area contributed by atoms with Gasteiger partial charge in [-0.25, -0.2) is 9.13 Å². The van der Waals surface area contributed by atoms with Crippen molar-refractivity contribution in [2.45, 2.75) is 426 Å². The van der Waals surface area contributed by atoms with E-state index in [4.69, 9.17) is 37.0 Å². The standard InChI is InChI=1S/C78H152O17P2/c1-7-9-11-13-15-16-17-18-19-20-21-22-23-24-27-31-34-37-44-50-56-62-77(82)94-74(67-89-76(81)61-55-49-43-36-33-30-28-25-26-29-32-35-41-46-52-58-70(3)4)69-93-97(86,87)91-65-72(79)64-90-96(84,85)92-68-73(66-88-75(80)60-54-48-40-14-12-10-8-2)95-78(83)63-57-51-45-39-38-42-47-53-59-71(5)6/h70-74,79H,7-69H2,1-6H3,(H,84,85)(H,86,87)/t72-,73+,74+/m0/s1. The van der Waals surface area contributed by atoms with Crippen LogP contribution in [0.5, 0.6) is 0 Å². The maximum absolute atomic E-state index is 13.1. The molecular weight excluding hydrogens is 1270 g/mol. The number of aliphatic hydroxyl groups is 1. The lowest BCUT2D eigenvalue weighted by Gasteiger charge is -2.21. The first-order chi connectivity index (χ1) is 46.9. The molecule has 17 nitrogen and oxygen atoms in total. The molecular formula is C78H152O17P2. The second-order valence-electron chi connectivity index (χ2n) is 29.1. The summed E-state index contributed by atoms with van der Waals surface area (Å²) in [6.07, 6.45) is 58.7. The summed E-state index contributed by atoms with van der Waals surface area (Å²) < 4.78 is 68.4. The lowest BCUT2D eigenvalue weighted by Crippen LogP contribution is -2.30. The lowest BCUT2D eigenvalue weighted by molar-refractivity contribution is -0.161. The van der Waals surface area contributed by atoms with Crippen LogP contribution in [0.1, 0.15) is 408 Å². The van der Waals surface area contributed by atoms with Gasteiger partial charge >= 0.3 is 39.5 Å². The molecule has 0 heterocycles. The molecule has 2 unspecified atom stereocenters. The fourth-order valence-corrected chi connectivity index (χ4v) is 13.6. The smallest absolute Gasteiger partial charge is 0.462 e. The van der Waals surface area contributed by atoms with Gasteiger partial charge in [-0.1, -0.05) is 356 Å². The number of hydrogen-bond donors (Lipinski definition) is 3. The molecule has 0 aliphatic carbocycles. The summed E-state index contributed by atoms with van der Waals surface area (Å²) in [4.78, 5) is 72.7. The van der Waals surface area contributed by atoms with Crippen molar-refractivity contribution in [1.82, 2.24) is 0 Å². The quantitative estimate of drug-likeness (QED) is 0.0222. The lowest BCUT2D eigenvalue weighted by atomic mass is 10.0. The van der Waals surface area contributed by atoms with E-state index in [9.17, 15) is 43.2 Å². The minimum absolute atomic E-state index is 0.104. The van der Waals surface area contributed by atoms with Crippen molar-refractivity contribution < 1.29 is 80.2 Å². The first kappa shape index (κ1) is 95.1. The molecule has 0 saturated carbocycles. The molecule has 0 bridgehead atoms. The summed E-state index contributed by atoms with van der Waals surface area (Å²) in [5.74, 6) is -0.596. The Labute approximate surface area is 594 Å². The van der Waals surface area contributed by atoms with Crippen LogP contribution < -0.4 is 0 Å². The minimum Gasteiger partial charge on any atom is -0.462 e. The van der Waals surface area contributed by atoms with Gasteiger partial charge in [0, 0.05) is 25.7 Å². The van der Waals surface area contributed by atoms with E-state index in [1.807, 2.05) is 0 Å². The van der Waals surface area contributed by atoms with Gasteiger partial charge < -0.3 is 33.8 Å². The summed E-state index contributed by atoms with van der Waals surface area (Å²) in [6, 6.07) is 0. The highest BCUT2D eigenvalue weighted by atomic mass is 31.2. The number of hydrogen-bond acceptors (Lipinski definition) is 15. The summed E-state index contributed by atoms with van der Waals surface area (Å²) in [6.45, 7) is 9.55. The molecule has 0 aromatic rings. The number of rotatable bonds is 77. The number of aliphatic hydroxyl groups excluding tert-OH is 1. The second kappa shape index (κ2) is 69.8. The molecule has 0 radical (unpaired) electrons. The molecule has 97 heavy (non-hydrogen) atoms. The van der Waals surface area contributed by atoms with Crippen LogP contribution in [0.25, 0.3) is 0 Å². The maximum atomic E-state index is 13.1. The van der Waals surface area contributed by atoms with Crippen LogP contribution in [0.4, 0.5) is 0 Å². The van der Waals surface area contributed by atoms with Crippen molar-refractivity contribution >= 4 is 39.5 Å². The number of carbonyl (C=O) groups is 4. The SMILES string of the molecule is CCCCCCCCCCCCCCCCCCCCCCCC(=O)O[C@H](COC(=O)CCCCCCCCCCCCCCCCCC(C)C)COP(=O)(O)OC[C@@H](O)COP(=O)(O)OC[C@@H](COC(=O)CCCCCCCCC)OC(=O)CCCCCCCCCCC(C)C. The topological polar surface area (TPSA) is 237 Å². The summed E-state index contributed by atoms with van der Waals surface area (Å²) in [5, 5.41) is 10.6. The molecule has 0 rings (SSSR count). The highest BCUT2D eigenvalue weighted by Crippen LogP contribution is 2.45. The molecule has 0 fully saturated rings. The number of phosphoric ester groups is 2. The third-order valence-corrected chi connectivity index (χ3v) is 20.1. The average molecular weight is 1420 g/mol. The van der Waals surface area contributed by atoms with E-state index < -0.39 is 97.5 Å². The number of phosphoric acid groups is 2. The highest BCUT2D eigenvalue weighted by molar-refractivity contribution is 7.47. The number of ether oxygens (including phenoxy) is 4. The molecule has 3 N–H and O–H groups in total. The molecule has 0 aliphatic rings. The first-order valence-corrected chi connectivity index (χ1v) is 43.5. The van der Waals surface area contributed by atoms with Crippen molar-refractivity contribution in [1.29, 1.82) is 0 Å². The normalized spacial score (nSPS) is 14.0. The largest absolute Gasteiger partial charge is 0.472 e. The van der Waals surface area contributed by atoms with Crippen LogP contribution in [0.15, 0.2) is 0 Å². The van der Waals surface area contributed by atoms with Crippen LogP contribution in [0.2, 0.25) is 0 Å². The van der Waals surface area contributed by atoms with Gasteiger partial charge in [0.15, 0.2) is 12.2 Å². The van der Waals surface area contributed by atoms with E-state index in [2.05, 4.69) is 41.5 Å². The molecule has 576 valence electrons. The number of unbranched alkanes of at least 4 members (excludes halogenated alkanes) is 47. The van der Waals surface area contributed by atoms with E-state index in [0.29, 0.717) is 25.7 Å². The van der Waals surface area contributed by atoms with Crippen LogP contribution >= 0.6 is 15.6 Å². The Kier molecular flexibility index (Phi) is 68.4. The van der Waals surface area contributed by atoms with Gasteiger partial charge in [-0.05, 0) is 37.5 Å². The molecule has 0 aromatic carbocycles. The zero-order chi connectivity index (χ0) is 71.4. The summed E-state index contributed by atoms with van der Waals surface area (Å²) in [5.41, 5.74) is 0. The van der Waals surface area contributed by atoms with Gasteiger partial charge in [0.25, 0.3) is 0 Å². The molecule has 0 saturated heterocycles. The monoisotopic (exact) mass is 1420 g/mol. The van der Waals surface area contributed by atoms with Crippen LogP contribution in [0.3, 0.4) is 0 Å². The fraction of sp³-hybridized carbons (Fsp3) is 0.949. The van der Waals surface area contributed by atoms with E-state index >= 15 is 0 Å². The predicted molar refractivity (Wildman–Crippen MR) is 395 cm³/mol. The molecule has 0 aromatic heterocycles. The van der Waals surface area contributed by atoms with Crippen molar-refractivity contribution in [3.63, 3.8) is 0 Å². The second-order valence-corrected chi connectivity index (χ2v) is 32.0. The van der Waals surface area contributed by atoms with Gasteiger partial charge in [0.05, 0.1) is 26.4 Å². The Morgan fingerprint density at radius 1 is 0.278 bits per heavy atom. The Hall–Kier alpha value is -1.94. The van der Waals surface area contributed by atoms with Crippen LogP contribution in [-0.4, -0.2) is 96.7 Å².